The van der Waals surface area contributed by atoms with E-state index in [1.54, 1.807) is 30.8 Å². The Labute approximate surface area is 197 Å². The molecule has 0 unspecified atom stereocenters. The van der Waals surface area contributed by atoms with Gasteiger partial charge in [-0.3, -0.25) is 9.89 Å². The predicted molar refractivity (Wildman–Crippen MR) is 129 cm³/mol. The second-order valence-corrected chi connectivity index (χ2v) is 10.6. The van der Waals surface area contributed by atoms with Gasteiger partial charge < -0.3 is 10.3 Å². The molecule has 0 aliphatic carbocycles. The largest absolute Gasteiger partial charge is 0.366 e. The third-order valence-corrected chi connectivity index (χ3v) is 8.38. The van der Waals surface area contributed by atoms with Gasteiger partial charge in [-0.2, -0.15) is 9.40 Å². The van der Waals surface area contributed by atoms with Gasteiger partial charge in [-0.15, -0.1) is 0 Å². The summed E-state index contributed by atoms with van der Waals surface area (Å²) < 4.78 is 29.3. The molecule has 3 N–H and O–H groups in total. The molecule has 34 heavy (non-hydrogen) atoms. The molecule has 0 bridgehead atoms. The summed E-state index contributed by atoms with van der Waals surface area (Å²) in [5.41, 5.74) is 9.35. The van der Waals surface area contributed by atoms with E-state index < -0.39 is 15.9 Å². The molecule has 0 atom stereocenters. The second kappa shape index (κ2) is 8.37. The molecule has 1 amide bonds. The van der Waals surface area contributed by atoms with Crippen LogP contribution in [0.4, 0.5) is 0 Å². The molecule has 1 fully saturated rings. The van der Waals surface area contributed by atoms with E-state index >= 15 is 0 Å². The molecule has 1 aliphatic rings. The van der Waals surface area contributed by atoms with Gasteiger partial charge in [0, 0.05) is 43.3 Å². The number of aromatic amines is 1. The van der Waals surface area contributed by atoms with Crippen LogP contribution in [-0.4, -0.2) is 51.5 Å². The van der Waals surface area contributed by atoms with Crippen LogP contribution in [-0.2, 0) is 17.1 Å². The summed E-state index contributed by atoms with van der Waals surface area (Å²) in [4.78, 5) is 16.4. The number of aryl methyl sites for hydroxylation is 2. The molecule has 2 aromatic carbocycles. The zero-order valence-corrected chi connectivity index (χ0v) is 19.8. The van der Waals surface area contributed by atoms with Crippen LogP contribution in [0.2, 0.25) is 0 Å². The number of piperidine rings is 1. The van der Waals surface area contributed by atoms with E-state index in [4.69, 9.17) is 5.73 Å². The van der Waals surface area contributed by atoms with Gasteiger partial charge in [0.2, 0.25) is 0 Å². The number of aromatic nitrogens is 4. The molecule has 0 saturated carbocycles. The Morgan fingerprint density at radius 2 is 1.82 bits per heavy atom. The van der Waals surface area contributed by atoms with E-state index in [-0.39, 0.29) is 10.9 Å². The first kappa shape index (κ1) is 22.3. The number of fused-ring (bicyclic) bond motifs is 1. The zero-order valence-electron chi connectivity index (χ0n) is 19.0. The number of H-pyrrole nitrogens is 1. The number of amides is 1. The maximum atomic E-state index is 13.1. The highest BCUT2D eigenvalue weighted by atomic mass is 32.2. The predicted octanol–water partition coefficient (Wildman–Crippen LogP) is 2.94. The standard InChI is InChI=1S/C24H26N6O3S/c1-15-26-21(14-29(15)2)34(32,33)30-10-8-17(9-11-30)22-19-12-18(16-6-4-3-5-7-16)13-20(24(25)31)23(19)28-27-22/h3-7,12-14,17H,8-11H2,1-2H3,(H2,25,31)(H,27,28). The van der Waals surface area contributed by atoms with E-state index in [9.17, 15) is 13.2 Å². The highest BCUT2D eigenvalue weighted by Gasteiger charge is 2.33. The first-order valence-corrected chi connectivity index (χ1v) is 12.6. The average Bonchev–Trinajstić information content (AvgIpc) is 3.42. The number of imidazole rings is 1. The lowest BCUT2D eigenvalue weighted by Gasteiger charge is -2.30. The van der Waals surface area contributed by atoms with Crippen LogP contribution in [0.1, 0.15) is 40.6 Å². The molecule has 5 rings (SSSR count). The molecule has 2 aromatic heterocycles. The lowest BCUT2D eigenvalue weighted by Crippen LogP contribution is -2.38. The minimum atomic E-state index is -3.64. The Morgan fingerprint density at radius 3 is 2.44 bits per heavy atom. The third kappa shape index (κ3) is 3.78. The van der Waals surface area contributed by atoms with Gasteiger partial charge in [0.15, 0.2) is 5.03 Å². The SMILES string of the molecule is Cc1nc(S(=O)(=O)N2CCC(c3[nH]nc4c(C(N)=O)cc(-c5ccccc5)cc34)CC2)cn1C. The Hall–Kier alpha value is -3.50. The van der Waals surface area contributed by atoms with Crippen LogP contribution < -0.4 is 5.73 Å². The summed E-state index contributed by atoms with van der Waals surface area (Å²) in [5.74, 6) is 0.193. The molecular formula is C24H26N6O3S. The summed E-state index contributed by atoms with van der Waals surface area (Å²) >= 11 is 0. The number of sulfonamides is 1. The van der Waals surface area contributed by atoms with Crippen LogP contribution in [0.15, 0.2) is 53.7 Å². The minimum Gasteiger partial charge on any atom is -0.366 e. The van der Waals surface area contributed by atoms with Crippen molar-refractivity contribution in [1.29, 1.82) is 0 Å². The van der Waals surface area contributed by atoms with Crippen LogP contribution in [0.3, 0.4) is 0 Å². The normalized spacial score (nSPS) is 15.7. The van der Waals surface area contributed by atoms with Crippen molar-refractivity contribution in [3.8, 4) is 11.1 Å². The smallest absolute Gasteiger partial charge is 0.262 e. The monoisotopic (exact) mass is 478 g/mol. The van der Waals surface area contributed by atoms with Crippen LogP contribution in [0.5, 0.6) is 0 Å². The molecule has 0 radical (unpaired) electrons. The highest BCUT2D eigenvalue weighted by Crippen LogP contribution is 2.36. The molecule has 4 aromatic rings. The molecule has 1 aliphatic heterocycles. The van der Waals surface area contributed by atoms with Crippen molar-refractivity contribution in [2.45, 2.75) is 30.7 Å². The van der Waals surface area contributed by atoms with Crippen molar-refractivity contribution in [2.24, 2.45) is 12.8 Å². The van der Waals surface area contributed by atoms with E-state index in [0.717, 1.165) is 22.2 Å². The summed E-state index contributed by atoms with van der Waals surface area (Å²) in [6, 6.07) is 13.6. The van der Waals surface area contributed by atoms with Gasteiger partial charge in [-0.05, 0) is 43.0 Å². The van der Waals surface area contributed by atoms with E-state index in [1.165, 1.54) is 4.31 Å². The number of hydrogen-bond donors (Lipinski definition) is 2. The summed E-state index contributed by atoms with van der Waals surface area (Å²) in [7, 11) is -1.87. The molecule has 1 saturated heterocycles. The van der Waals surface area contributed by atoms with E-state index in [0.29, 0.717) is 42.8 Å². The van der Waals surface area contributed by atoms with E-state index in [2.05, 4.69) is 15.2 Å². The lowest BCUT2D eigenvalue weighted by atomic mass is 9.90. The van der Waals surface area contributed by atoms with Crippen LogP contribution in [0, 0.1) is 6.92 Å². The molecule has 176 valence electrons. The number of carbonyl (C=O) groups excluding carboxylic acids is 1. The number of primary amides is 1. The molecule has 9 nitrogen and oxygen atoms in total. The maximum Gasteiger partial charge on any atom is 0.262 e. The topological polar surface area (TPSA) is 127 Å². The maximum absolute atomic E-state index is 13.1. The molecule has 0 spiro atoms. The van der Waals surface area contributed by atoms with Crippen molar-refractivity contribution >= 4 is 26.8 Å². The first-order valence-electron chi connectivity index (χ1n) is 11.1. The van der Waals surface area contributed by atoms with Gasteiger partial charge in [-0.25, -0.2) is 13.4 Å². The average molecular weight is 479 g/mol. The Balaban J connectivity index is 1.45. The minimum absolute atomic E-state index is 0.0775. The number of benzene rings is 2. The van der Waals surface area contributed by atoms with Gasteiger partial charge in [0.25, 0.3) is 15.9 Å². The van der Waals surface area contributed by atoms with Crippen molar-refractivity contribution < 1.29 is 13.2 Å². The van der Waals surface area contributed by atoms with Crippen molar-refractivity contribution in [3.05, 3.63) is 65.7 Å². The number of carbonyl (C=O) groups is 1. The fourth-order valence-electron chi connectivity index (χ4n) is 4.60. The highest BCUT2D eigenvalue weighted by molar-refractivity contribution is 7.89. The Kier molecular flexibility index (Phi) is 5.49. The van der Waals surface area contributed by atoms with E-state index in [1.807, 2.05) is 36.4 Å². The molecule has 10 heteroatoms. The fourth-order valence-corrected chi connectivity index (χ4v) is 6.10. The van der Waals surface area contributed by atoms with Crippen molar-refractivity contribution in [2.75, 3.05) is 13.1 Å². The van der Waals surface area contributed by atoms with Gasteiger partial charge in [0.1, 0.15) is 11.3 Å². The van der Waals surface area contributed by atoms with Gasteiger partial charge in [-0.1, -0.05) is 30.3 Å². The number of nitrogens with one attached hydrogen (secondary N) is 1. The van der Waals surface area contributed by atoms with Crippen molar-refractivity contribution in [3.63, 3.8) is 0 Å². The Bertz CT molecular complexity index is 1460. The first-order chi connectivity index (χ1) is 16.3. The Morgan fingerprint density at radius 1 is 1.12 bits per heavy atom. The summed E-state index contributed by atoms with van der Waals surface area (Å²) in [6.45, 7) is 2.53. The van der Waals surface area contributed by atoms with Crippen LogP contribution >= 0.6 is 0 Å². The summed E-state index contributed by atoms with van der Waals surface area (Å²) in [5, 5.41) is 8.44. The lowest BCUT2D eigenvalue weighted by molar-refractivity contribution is 0.100. The van der Waals surface area contributed by atoms with Gasteiger partial charge >= 0.3 is 0 Å². The molecular weight excluding hydrogens is 452 g/mol. The van der Waals surface area contributed by atoms with Crippen molar-refractivity contribution in [1.82, 2.24) is 24.1 Å². The van der Waals surface area contributed by atoms with Gasteiger partial charge in [0.05, 0.1) is 5.56 Å². The second-order valence-electron chi connectivity index (χ2n) is 8.70. The van der Waals surface area contributed by atoms with Crippen LogP contribution in [0.25, 0.3) is 22.0 Å². The number of rotatable bonds is 5. The quantitative estimate of drug-likeness (QED) is 0.456. The summed E-state index contributed by atoms with van der Waals surface area (Å²) in [6.07, 6.45) is 2.81. The third-order valence-electron chi connectivity index (χ3n) is 6.61. The fraction of sp³-hybridized carbons (Fsp3) is 0.292. The molecule has 3 heterocycles. The number of hydrogen-bond acceptors (Lipinski definition) is 5. The zero-order chi connectivity index (χ0) is 24.0. The number of nitrogens with two attached hydrogens (primary N) is 1. The number of nitrogens with zero attached hydrogens (tertiary/aromatic N) is 4.